The van der Waals surface area contributed by atoms with Gasteiger partial charge in [-0.3, -0.25) is 53.9 Å². The molecule has 0 saturated carbocycles. The predicted octanol–water partition coefficient (Wildman–Crippen LogP) is 6.97. The fourth-order valence-corrected chi connectivity index (χ4v) is 13.2. The molecular formula is C59H84N6O15. The summed E-state index contributed by atoms with van der Waals surface area (Å²) in [7, 11) is 7.70. The normalized spacial score (nSPS) is 30.2. The number of ether oxygens (including phenoxy) is 7. The number of rotatable bonds is 20. The summed E-state index contributed by atoms with van der Waals surface area (Å²) < 4.78 is 37.9. The summed E-state index contributed by atoms with van der Waals surface area (Å²) in [4.78, 5) is 127. The molecule has 5 heterocycles. The Hall–Kier alpha value is -6.85. The number of carbonyl (C=O) groups is 8. The Morgan fingerprint density at radius 3 is 1.70 bits per heavy atom. The summed E-state index contributed by atoms with van der Waals surface area (Å²) in [6.07, 6.45) is 3.98. The SMILES string of the molecule is C#CCNC(=O)CC[C@@H]1C2=C(NC(=O)OC(C)(C)C)C3=N/C(=C(/C)C4=NC([C@H](CC(=O)OC)[C@@]4(C)CCC(=O)OC)[C@]4(C)N/C(=C(/C)C(=N2)[C@@]1(C)CC(=O)OC)[C@@H](CCC(=O)OC)[C@]4(C)CC(=O)OC)[C@@H](CCC(=O)OC)C3(C)C. The minimum Gasteiger partial charge on any atom is -0.469 e. The molecule has 5 aliphatic rings. The predicted molar refractivity (Wildman–Crippen MR) is 296 cm³/mol. The summed E-state index contributed by atoms with van der Waals surface area (Å²) in [5.41, 5.74) is -3.71. The van der Waals surface area contributed by atoms with Gasteiger partial charge in [-0.25, -0.2) is 4.79 Å². The third kappa shape index (κ3) is 12.5. The maximum atomic E-state index is 14.6. The van der Waals surface area contributed by atoms with Gasteiger partial charge in [0, 0.05) is 88.1 Å². The molecule has 1 saturated heterocycles. The van der Waals surface area contributed by atoms with Crippen molar-refractivity contribution in [1.82, 2.24) is 16.0 Å². The molecule has 0 aromatic carbocycles. The number of hydrogen-bond donors (Lipinski definition) is 3. The Morgan fingerprint density at radius 1 is 0.625 bits per heavy atom. The number of allylic oxidation sites excluding steroid dienone is 6. The van der Waals surface area contributed by atoms with Gasteiger partial charge in [0.25, 0.3) is 0 Å². The van der Waals surface area contributed by atoms with Gasteiger partial charge < -0.3 is 43.8 Å². The summed E-state index contributed by atoms with van der Waals surface area (Å²) >= 11 is 0. The van der Waals surface area contributed by atoms with Crippen LogP contribution in [0.5, 0.6) is 0 Å². The van der Waals surface area contributed by atoms with Crippen LogP contribution in [0.4, 0.5) is 4.79 Å². The van der Waals surface area contributed by atoms with Crippen LogP contribution in [-0.4, -0.2) is 131 Å². The van der Waals surface area contributed by atoms with Gasteiger partial charge in [0.2, 0.25) is 5.91 Å². The number of nitrogens with zero attached hydrogens (tertiary/aromatic N) is 3. The minimum atomic E-state index is -1.36. The summed E-state index contributed by atoms with van der Waals surface area (Å²) in [5.74, 6) is -4.30. The van der Waals surface area contributed by atoms with Crippen LogP contribution >= 0.6 is 0 Å². The fraction of sp³-hybridized carbons (Fsp3) is 0.678. The highest BCUT2D eigenvalue weighted by molar-refractivity contribution is 6.14. The van der Waals surface area contributed by atoms with Gasteiger partial charge in [0.15, 0.2) is 0 Å². The van der Waals surface area contributed by atoms with Gasteiger partial charge in [0.1, 0.15) is 5.60 Å². The first kappa shape index (κ1) is 64.0. The smallest absolute Gasteiger partial charge is 0.412 e. The van der Waals surface area contributed by atoms with Crippen LogP contribution < -0.4 is 16.0 Å². The standard InChI is InChI=1S/C59H84N6O15/c1-19-28-60-38(66)23-20-35-47-48(63-53(73)80-54(4,5)6)52-55(7,8)34(21-24-39(67)74-13)45(61-52)32(2)49-56(9,27-26-41(69)76-15)37(29-42(70)77-16)51(64-49)59(12)58(11,31-44(72)79-18)36(22-25-40(68)75-14)46(65-59)33(3)50(62-47)57(35,10)30-43(71)78-17/h1,34-37,51,65H,20-31H2,2-18H3,(H,60,66)(H,63,73)/b45-32-,46-33-,48-47?/t34-,35-,36-,37+,51?,56-,57+,58+,59+/m1/s1. The van der Waals surface area contributed by atoms with Crippen LogP contribution in [0, 0.1) is 57.7 Å². The number of esters is 6. The molecule has 0 radical (unpaired) electrons. The molecule has 5 aliphatic heterocycles. The highest BCUT2D eigenvalue weighted by Crippen LogP contribution is 2.62. The van der Waals surface area contributed by atoms with E-state index in [9.17, 15) is 38.4 Å². The van der Waals surface area contributed by atoms with Gasteiger partial charge in [-0.05, 0) is 78.4 Å². The number of fused-ring (bicyclic) bond motifs is 6. The van der Waals surface area contributed by atoms with Gasteiger partial charge in [-0.2, -0.15) is 0 Å². The second-order valence-corrected chi connectivity index (χ2v) is 24.0. The first-order valence-electron chi connectivity index (χ1n) is 27.1. The Kier molecular flexibility index (Phi) is 19.9. The second-order valence-electron chi connectivity index (χ2n) is 24.0. The largest absolute Gasteiger partial charge is 0.469 e. The van der Waals surface area contributed by atoms with E-state index in [1.54, 1.807) is 20.8 Å². The molecule has 0 aromatic rings. The third-order valence-electron chi connectivity index (χ3n) is 17.8. The summed E-state index contributed by atoms with van der Waals surface area (Å²) in [6, 6.07) is -0.939. The molecule has 1 fully saturated rings. The first-order chi connectivity index (χ1) is 37.3. The van der Waals surface area contributed by atoms with Crippen molar-refractivity contribution in [3.8, 4) is 12.3 Å². The van der Waals surface area contributed by atoms with E-state index in [0.29, 0.717) is 39.7 Å². The Balaban J connectivity index is 2.16. The van der Waals surface area contributed by atoms with Gasteiger partial charge in [-0.1, -0.05) is 40.5 Å². The fourth-order valence-electron chi connectivity index (χ4n) is 13.2. The zero-order chi connectivity index (χ0) is 60.1. The van der Waals surface area contributed by atoms with Crippen LogP contribution in [0.15, 0.2) is 48.9 Å². The molecule has 8 bridgehead atoms. The molecule has 440 valence electrons. The van der Waals surface area contributed by atoms with Crippen molar-refractivity contribution in [3.63, 3.8) is 0 Å². The molecule has 80 heavy (non-hydrogen) atoms. The molecule has 0 spiro atoms. The van der Waals surface area contributed by atoms with Crippen molar-refractivity contribution in [1.29, 1.82) is 0 Å². The topological polar surface area (TPSA) is 274 Å². The lowest BCUT2D eigenvalue weighted by atomic mass is 9.56. The van der Waals surface area contributed by atoms with Crippen LogP contribution in [0.1, 0.15) is 147 Å². The number of hydrogen-bond acceptors (Lipinski definition) is 19. The maximum Gasteiger partial charge on any atom is 0.412 e. The van der Waals surface area contributed by atoms with E-state index in [-0.39, 0.29) is 94.5 Å². The molecule has 0 aromatic heterocycles. The Bertz CT molecular complexity index is 2760. The van der Waals surface area contributed by atoms with Crippen LogP contribution in [0.3, 0.4) is 0 Å². The van der Waals surface area contributed by atoms with E-state index in [4.69, 9.17) is 54.6 Å². The van der Waals surface area contributed by atoms with Gasteiger partial charge >= 0.3 is 41.9 Å². The second kappa shape index (κ2) is 24.9. The van der Waals surface area contributed by atoms with Crippen molar-refractivity contribution in [3.05, 3.63) is 33.9 Å². The van der Waals surface area contributed by atoms with Gasteiger partial charge in [0.05, 0.1) is 103 Å². The van der Waals surface area contributed by atoms with Crippen molar-refractivity contribution in [2.24, 2.45) is 60.3 Å². The molecule has 3 N–H and O–H groups in total. The van der Waals surface area contributed by atoms with Gasteiger partial charge in [-0.15, -0.1) is 6.42 Å². The molecule has 21 heteroatoms. The Morgan fingerprint density at radius 2 is 1.15 bits per heavy atom. The zero-order valence-corrected chi connectivity index (χ0v) is 49.9. The molecule has 9 atom stereocenters. The lowest BCUT2D eigenvalue weighted by Gasteiger charge is -2.48. The van der Waals surface area contributed by atoms with E-state index < -0.39 is 104 Å². The van der Waals surface area contributed by atoms with E-state index in [1.165, 1.54) is 42.7 Å². The van der Waals surface area contributed by atoms with E-state index in [1.807, 2.05) is 55.4 Å². The van der Waals surface area contributed by atoms with E-state index >= 15 is 0 Å². The average Bonchev–Trinajstić information content (AvgIpc) is 4.20. The van der Waals surface area contributed by atoms with Crippen molar-refractivity contribution >= 4 is 65.0 Å². The molecule has 5 rings (SSSR count). The van der Waals surface area contributed by atoms with Crippen LogP contribution in [0.25, 0.3) is 0 Å². The van der Waals surface area contributed by atoms with Crippen LogP contribution in [-0.2, 0) is 66.7 Å². The zero-order valence-electron chi connectivity index (χ0n) is 49.9. The molecule has 0 aliphatic carbocycles. The highest BCUT2D eigenvalue weighted by Gasteiger charge is 2.67. The number of nitrogens with one attached hydrogen (secondary N) is 3. The minimum absolute atomic E-state index is 0.0408. The Labute approximate surface area is 470 Å². The number of carbonyl (C=O) groups excluding carboxylic acids is 8. The highest BCUT2D eigenvalue weighted by atomic mass is 16.6. The average molecular weight is 1120 g/mol. The number of aliphatic imine (C=N–C) groups is 3. The number of methoxy groups -OCH3 is 6. The summed E-state index contributed by atoms with van der Waals surface area (Å²) in [6.45, 7) is 20.2. The van der Waals surface area contributed by atoms with Crippen molar-refractivity contribution in [2.45, 2.75) is 164 Å². The molecule has 21 nitrogen and oxygen atoms in total. The lowest BCUT2D eigenvalue weighted by Crippen LogP contribution is -2.60. The van der Waals surface area contributed by atoms with Crippen molar-refractivity contribution in [2.75, 3.05) is 49.2 Å². The first-order valence-corrected chi connectivity index (χ1v) is 27.1. The lowest BCUT2D eigenvalue weighted by molar-refractivity contribution is -0.147. The van der Waals surface area contributed by atoms with Crippen molar-refractivity contribution < 1.29 is 71.5 Å². The summed E-state index contributed by atoms with van der Waals surface area (Å²) in [5, 5.41) is 9.72. The van der Waals surface area contributed by atoms with Crippen LogP contribution in [0.2, 0.25) is 0 Å². The molecule has 2 amide bonds. The third-order valence-corrected chi connectivity index (χ3v) is 17.8. The number of alkyl carbamates (subject to hydrolysis) is 1. The molecule has 1 unspecified atom stereocenters. The molecular weight excluding hydrogens is 1030 g/mol. The monoisotopic (exact) mass is 1120 g/mol. The van der Waals surface area contributed by atoms with E-state index in [2.05, 4.69) is 21.9 Å². The maximum absolute atomic E-state index is 14.6. The number of terminal acetylenes is 1. The quantitative estimate of drug-likeness (QED) is 0.0631. The van der Waals surface area contributed by atoms with E-state index in [0.717, 1.165) is 0 Å². The number of amides is 2.